The smallest absolute Gasteiger partial charge is 0.331 e. The SMILES string of the molecule is CC(C)(C)OC(=O)/C=C/C1=C(C2=CCCCC2)CCCC1. The highest BCUT2D eigenvalue weighted by molar-refractivity contribution is 5.83. The summed E-state index contributed by atoms with van der Waals surface area (Å²) in [5, 5.41) is 0. The fourth-order valence-electron chi connectivity index (χ4n) is 3.10. The molecule has 0 heterocycles. The van der Waals surface area contributed by atoms with E-state index >= 15 is 0 Å². The average molecular weight is 288 g/mol. The molecule has 21 heavy (non-hydrogen) atoms. The topological polar surface area (TPSA) is 26.3 Å². The molecule has 0 aromatic rings. The molecule has 0 radical (unpaired) electrons. The van der Waals surface area contributed by atoms with E-state index in [0.29, 0.717) is 0 Å². The number of carbonyl (C=O) groups excluding carboxylic acids is 1. The van der Waals surface area contributed by atoms with E-state index in [9.17, 15) is 4.79 Å². The van der Waals surface area contributed by atoms with Crippen LogP contribution in [-0.2, 0) is 9.53 Å². The molecule has 0 spiro atoms. The Bertz CT molecular complexity index is 472. The molecule has 0 aliphatic heterocycles. The Morgan fingerprint density at radius 3 is 2.48 bits per heavy atom. The molecule has 0 bridgehead atoms. The van der Waals surface area contributed by atoms with Crippen molar-refractivity contribution in [2.24, 2.45) is 0 Å². The Morgan fingerprint density at radius 1 is 1.10 bits per heavy atom. The second kappa shape index (κ2) is 7.11. The maximum atomic E-state index is 11.8. The summed E-state index contributed by atoms with van der Waals surface area (Å²) < 4.78 is 5.35. The van der Waals surface area contributed by atoms with Gasteiger partial charge in [0.2, 0.25) is 0 Å². The van der Waals surface area contributed by atoms with Crippen LogP contribution in [0.1, 0.15) is 72.1 Å². The zero-order chi connectivity index (χ0) is 15.3. The molecule has 0 aromatic carbocycles. The van der Waals surface area contributed by atoms with Gasteiger partial charge in [0.1, 0.15) is 5.60 Å². The van der Waals surface area contributed by atoms with Gasteiger partial charge >= 0.3 is 5.97 Å². The van der Waals surface area contributed by atoms with E-state index in [1.165, 1.54) is 61.7 Å². The van der Waals surface area contributed by atoms with Crippen LogP contribution in [0.5, 0.6) is 0 Å². The summed E-state index contributed by atoms with van der Waals surface area (Å²) in [5.41, 5.74) is 3.96. The first-order valence-corrected chi connectivity index (χ1v) is 8.28. The normalized spacial score (nSPS) is 20.6. The van der Waals surface area contributed by atoms with Crippen LogP contribution in [0.25, 0.3) is 0 Å². The third-order valence-electron chi connectivity index (χ3n) is 4.02. The molecule has 2 aliphatic carbocycles. The van der Waals surface area contributed by atoms with Crippen molar-refractivity contribution < 1.29 is 9.53 Å². The molecule has 0 saturated heterocycles. The van der Waals surface area contributed by atoms with Gasteiger partial charge in [-0.2, -0.15) is 0 Å². The summed E-state index contributed by atoms with van der Waals surface area (Å²) in [6.45, 7) is 5.70. The van der Waals surface area contributed by atoms with Crippen molar-refractivity contribution in [3.05, 3.63) is 34.9 Å². The summed E-state index contributed by atoms with van der Waals surface area (Å²) in [4.78, 5) is 11.8. The number of allylic oxidation sites excluding steroid dienone is 5. The zero-order valence-corrected chi connectivity index (χ0v) is 13.7. The molecule has 2 heteroatoms. The number of hydrogen-bond acceptors (Lipinski definition) is 2. The Balaban J connectivity index is 2.12. The Kier molecular flexibility index (Phi) is 5.44. The lowest BCUT2D eigenvalue weighted by atomic mass is 9.83. The molecular weight excluding hydrogens is 260 g/mol. The molecular formula is C19H28O2. The van der Waals surface area contributed by atoms with Crippen LogP contribution in [0.3, 0.4) is 0 Å². The maximum absolute atomic E-state index is 11.8. The highest BCUT2D eigenvalue weighted by Gasteiger charge is 2.17. The molecule has 0 saturated carbocycles. The summed E-state index contributed by atoms with van der Waals surface area (Å²) >= 11 is 0. The number of rotatable bonds is 3. The van der Waals surface area contributed by atoms with Crippen molar-refractivity contribution in [1.82, 2.24) is 0 Å². The van der Waals surface area contributed by atoms with E-state index in [-0.39, 0.29) is 5.97 Å². The third kappa shape index (κ3) is 5.18. The lowest BCUT2D eigenvalue weighted by Crippen LogP contribution is -2.22. The van der Waals surface area contributed by atoms with Gasteiger partial charge in [0.25, 0.3) is 0 Å². The molecule has 2 aliphatic rings. The number of ether oxygens (including phenoxy) is 1. The van der Waals surface area contributed by atoms with Gasteiger partial charge < -0.3 is 4.74 Å². The van der Waals surface area contributed by atoms with Gasteiger partial charge in [0, 0.05) is 6.08 Å². The van der Waals surface area contributed by atoms with Crippen molar-refractivity contribution >= 4 is 5.97 Å². The van der Waals surface area contributed by atoms with E-state index in [1.807, 2.05) is 26.8 Å². The van der Waals surface area contributed by atoms with Gasteiger partial charge in [-0.3, -0.25) is 0 Å². The molecule has 0 aromatic heterocycles. The van der Waals surface area contributed by atoms with E-state index in [1.54, 1.807) is 6.08 Å². The van der Waals surface area contributed by atoms with Crippen molar-refractivity contribution in [1.29, 1.82) is 0 Å². The Morgan fingerprint density at radius 2 is 1.81 bits per heavy atom. The van der Waals surface area contributed by atoms with Crippen molar-refractivity contribution in [3.8, 4) is 0 Å². The highest BCUT2D eigenvalue weighted by Crippen LogP contribution is 2.35. The first-order valence-electron chi connectivity index (χ1n) is 8.28. The van der Waals surface area contributed by atoms with E-state index < -0.39 is 5.60 Å². The third-order valence-corrected chi connectivity index (χ3v) is 4.02. The molecule has 0 amide bonds. The number of esters is 1. The Labute approximate surface area is 129 Å². The minimum Gasteiger partial charge on any atom is -0.457 e. The van der Waals surface area contributed by atoms with Crippen LogP contribution >= 0.6 is 0 Å². The first kappa shape index (κ1) is 16.1. The summed E-state index contributed by atoms with van der Waals surface area (Å²) in [5.74, 6) is -0.238. The lowest BCUT2D eigenvalue weighted by molar-refractivity contribution is -0.148. The van der Waals surface area contributed by atoms with Gasteiger partial charge in [0.05, 0.1) is 0 Å². The fourth-order valence-corrected chi connectivity index (χ4v) is 3.10. The van der Waals surface area contributed by atoms with E-state index in [2.05, 4.69) is 6.08 Å². The van der Waals surface area contributed by atoms with Crippen molar-refractivity contribution in [2.75, 3.05) is 0 Å². The fraction of sp³-hybridized carbons (Fsp3) is 0.632. The van der Waals surface area contributed by atoms with Crippen LogP contribution in [0.4, 0.5) is 0 Å². The molecule has 2 nitrogen and oxygen atoms in total. The minimum absolute atomic E-state index is 0.238. The van der Waals surface area contributed by atoms with E-state index in [4.69, 9.17) is 4.74 Å². The summed E-state index contributed by atoms with van der Waals surface area (Å²) in [7, 11) is 0. The summed E-state index contributed by atoms with van der Waals surface area (Å²) in [6.07, 6.45) is 15.8. The molecule has 0 N–H and O–H groups in total. The van der Waals surface area contributed by atoms with Crippen LogP contribution in [-0.4, -0.2) is 11.6 Å². The zero-order valence-electron chi connectivity index (χ0n) is 13.7. The van der Waals surface area contributed by atoms with Gasteiger partial charge in [-0.1, -0.05) is 12.2 Å². The molecule has 0 unspecified atom stereocenters. The second-order valence-electron chi connectivity index (χ2n) is 7.05. The predicted octanol–water partition coefficient (Wildman–Crippen LogP) is 5.26. The largest absolute Gasteiger partial charge is 0.457 e. The highest BCUT2D eigenvalue weighted by atomic mass is 16.6. The van der Waals surface area contributed by atoms with Gasteiger partial charge in [-0.15, -0.1) is 0 Å². The van der Waals surface area contributed by atoms with E-state index in [0.717, 1.165) is 6.42 Å². The quantitative estimate of drug-likeness (QED) is 0.523. The molecule has 0 atom stereocenters. The predicted molar refractivity (Wildman–Crippen MR) is 87.0 cm³/mol. The monoisotopic (exact) mass is 288 g/mol. The minimum atomic E-state index is -0.420. The molecule has 116 valence electrons. The number of hydrogen-bond donors (Lipinski definition) is 0. The lowest BCUT2D eigenvalue weighted by Gasteiger charge is -2.23. The van der Waals surface area contributed by atoms with Gasteiger partial charge in [0.15, 0.2) is 0 Å². The van der Waals surface area contributed by atoms with Crippen molar-refractivity contribution in [2.45, 2.75) is 77.7 Å². The number of carbonyl (C=O) groups is 1. The van der Waals surface area contributed by atoms with Crippen LogP contribution in [0.2, 0.25) is 0 Å². The van der Waals surface area contributed by atoms with Crippen LogP contribution in [0, 0.1) is 0 Å². The van der Waals surface area contributed by atoms with Gasteiger partial charge in [-0.05, 0) is 88.9 Å². The average Bonchev–Trinajstić information content (AvgIpc) is 2.45. The first-order chi connectivity index (χ1) is 9.96. The standard InChI is InChI=1S/C19H28O2/c1-19(2,3)21-18(20)14-13-16-11-7-8-12-17(16)15-9-5-4-6-10-15/h9,13-14H,4-8,10-12H2,1-3H3/b14-13+. The molecule has 2 rings (SSSR count). The summed E-state index contributed by atoms with van der Waals surface area (Å²) in [6, 6.07) is 0. The van der Waals surface area contributed by atoms with Crippen LogP contribution < -0.4 is 0 Å². The van der Waals surface area contributed by atoms with Crippen LogP contribution in [0.15, 0.2) is 34.9 Å². The second-order valence-corrected chi connectivity index (χ2v) is 7.05. The molecule has 0 fully saturated rings. The van der Waals surface area contributed by atoms with Crippen molar-refractivity contribution in [3.63, 3.8) is 0 Å². The maximum Gasteiger partial charge on any atom is 0.331 e. The Hall–Kier alpha value is -1.31. The van der Waals surface area contributed by atoms with Gasteiger partial charge in [-0.25, -0.2) is 4.79 Å².